The number of halogens is 1. The molecule has 0 aromatic heterocycles. The molecule has 4 aliphatic rings. The monoisotopic (exact) mass is 573 g/mol. The van der Waals surface area contributed by atoms with E-state index >= 15 is 0 Å². The Kier molecular flexibility index (Phi) is 8.11. The van der Waals surface area contributed by atoms with Gasteiger partial charge in [0.1, 0.15) is 5.75 Å². The minimum absolute atomic E-state index is 0.0168. The Hall–Kier alpha value is -2.89. The minimum Gasteiger partial charge on any atom is -0.508 e. The number of hydrogen-bond donors (Lipinski definition) is 1. The van der Waals surface area contributed by atoms with Crippen LogP contribution in [-0.4, -0.2) is 40.6 Å². The summed E-state index contributed by atoms with van der Waals surface area (Å²) in [6, 6.07) is 15.4. The van der Waals surface area contributed by atoms with Crippen LogP contribution in [0.2, 0.25) is 5.02 Å². The fourth-order valence-corrected chi connectivity index (χ4v) is 7.97. The van der Waals surface area contributed by atoms with Gasteiger partial charge in [-0.2, -0.15) is 0 Å². The Balaban J connectivity index is 1.27. The van der Waals surface area contributed by atoms with Crippen LogP contribution in [0.3, 0.4) is 0 Å². The van der Waals surface area contributed by atoms with E-state index < -0.39 is 0 Å². The molecule has 2 aliphatic carbocycles. The second-order valence-electron chi connectivity index (χ2n) is 12.5. The van der Waals surface area contributed by atoms with E-state index in [9.17, 15) is 14.7 Å². The number of allylic oxidation sites excluding steroid dienone is 2. The first kappa shape index (κ1) is 28.2. The van der Waals surface area contributed by atoms with Gasteiger partial charge < -0.3 is 9.84 Å². The number of ether oxygens (including phenoxy) is 1. The van der Waals surface area contributed by atoms with Crippen LogP contribution in [-0.2, 0) is 14.3 Å². The molecule has 0 spiro atoms. The van der Waals surface area contributed by atoms with Gasteiger partial charge in [-0.05, 0) is 84.6 Å². The Labute approximate surface area is 248 Å². The number of benzene rings is 2. The molecule has 2 aliphatic heterocycles. The molecule has 4 atom stereocenters. The van der Waals surface area contributed by atoms with Crippen LogP contribution in [0.5, 0.6) is 5.75 Å². The molecule has 5 nitrogen and oxygen atoms in total. The topological polar surface area (TPSA) is 66.8 Å². The second-order valence-corrected chi connectivity index (χ2v) is 12.9. The summed E-state index contributed by atoms with van der Waals surface area (Å²) < 4.78 is 6.50. The Morgan fingerprint density at radius 3 is 2.51 bits per heavy atom. The van der Waals surface area contributed by atoms with E-state index in [2.05, 4.69) is 32.1 Å². The van der Waals surface area contributed by atoms with Crippen LogP contribution in [0, 0.1) is 23.7 Å². The van der Waals surface area contributed by atoms with Gasteiger partial charge in [0, 0.05) is 12.0 Å². The van der Waals surface area contributed by atoms with Gasteiger partial charge in [0.05, 0.1) is 29.6 Å². The smallest absolute Gasteiger partial charge is 0.234 e. The number of imide groups is 1. The van der Waals surface area contributed by atoms with E-state index in [1.807, 2.05) is 24.3 Å². The van der Waals surface area contributed by atoms with Crippen molar-refractivity contribution < 1.29 is 19.4 Å². The summed E-state index contributed by atoms with van der Waals surface area (Å²) in [5.74, 6) is 0.00722. The molecule has 216 valence electrons. The molecule has 0 unspecified atom stereocenters. The van der Waals surface area contributed by atoms with Gasteiger partial charge in [0.2, 0.25) is 11.8 Å². The Morgan fingerprint density at radius 2 is 1.80 bits per heavy atom. The molecule has 2 amide bonds. The van der Waals surface area contributed by atoms with Gasteiger partial charge in [0.15, 0.2) is 0 Å². The van der Waals surface area contributed by atoms with Crippen molar-refractivity contribution in [1.82, 2.24) is 4.90 Å². The number of phenolic OH excluding ortho intramolecular Hbond substituents is 1. The molecule has 0 radical (unpaired) electrons. The first-order valence-corrected chi connectivity index (χ1v) is 15.7. The first-order chi connectivity index (χ1) is 19.8. The van der Waals surface area contributed by atoms with Gasteiger partial charge in [-0.15, -0.1) is 0 Å². The van der Waals surface area contributed by atoms with Crippen LogP contribution < -0.4 is 0 Å². The molecule has 3 fully saturated rings. The number of likely N-dealkylation sites (tertiary alicyclic amines) is 1. The molecule has 1 saturated carbocycles. The van der Waals surface area contributed by atoms with Crippen molar-refractivity contribution >= 4 is 35.1 Å². The maximum absolute atomic E-state index is 13.9. The van der Waals surface area contributed by atoms with Crippen molar-refractivity contribution in [3.63, 3.8) is 0 Å². The normalized spacial score (nSPS) is 27.1. The van der Waals surface area contributed by atoms with Crippen LogP contribution in [0.25, 0.3) is 11.6 Å². The summed E-state index contributed by atoms with van der Waals surface area (Å²) in [7, 11) is 0. The predicted octanol–water partition coefficient (Wildman–Crippen LogP) is 7.67. The summed E-state index contributed by atoms with van der Waals surface area (Å²) in [4.78, 5) is 29.2. The first-order valence-electron chi connectivity index (χ1n) is 15.3. The number of phenols is 1. The van der Waals surface area contributed by atoms with Crippen molar-refractivity contribution in [2.75, 3.05) is 6.61 Å². The number of amides is 2. The average molecular weight is 574 g/mol. The highest BCUT2D eigenvalue weighted by Gasteiger charge is 2.58. The van der Waals surface area contributed by atoms with Crippen LogP contribution in [0.4, 0.5) is 0 Å². The summed E-state index contributed by atoms with van der Waals surface area (Å²) in [5, 5.41) is 10.3. The molecule has 2 saturated heterocycles. The molecule has 1 N–H and O–H groups in total. The maximum Gasteiger partial charge on any atom is 0.234 e. The van der Waals surface area contributed by atoms with Gasteiger partial charge in [-0.3, -0.25) is 14.5 Å². The third-order valence-corrected chi connectivity index (χ3v) is 10.1. The van der Waals surface area contributed by atoms with Crippen LogP contribution in [0.1, 0.15) is 76.3 Å². The number of fused-ring (bicyclic) bond motifs is 3. The molecule has 2 aromatic carbocycles. The molecule has 2 aromatic rings. The van der Waals surface area contributed by atoms with E-state index in [-0.39, 0.29) is 47.5 Å². The standard InChI is InChI=1S/C35H40ClNO4/c1-21(2)27-19-28-33(35(40)37(34(28)39)25-11-7-4-8-12-25)29-20-41-31(32(27)29)16-14-23(22-9-5-3-6-10-22)17-24-13-15-26(38)18-30(24)36/h3,5-6,9-10,13,15,17-18,21,25,28-29,31,33,38H,4,7-8,11-12,14,16,19-20H2,1-2H3/b23-17-/t28-,29+,31-,33-/m1/s1. The summed E-state index contributed by atoms with van der Waals surface area (Å²) >= 11 is 6.48. The van der Waals surface area contributed by atoms with Crippen molar-refractivity contribution in [2.24, 2.45) is 23.7 Å². The number of hydrogen-bond acceptors (Lipinski definition) is 4. The zero-order valence-electron chi connectivity index (χ0n) is 24.0. The van der Waals surface area contributed by atoms with Gasteiger partial charge in [-0.25, -0.2) is 0 Å². The molecular formula is C35H40ClNO4. The fourth-order valence-electron chi connectivity index (χ4n) is 7.74. The Bertz CT molecular complexity index is 1370. The zero-order valence-corrected chi connectivity index (χ0v) is 24.8. The van der Waals surface area contributed by atoms with Crippen molar-refractivity contribution in [3.05, 3.63) is 75.8 Å². The van der Waals surface area contributed by atoms with Crippen LogP contribution >= 0.6 is 11.6 Å². The van der Waals surface area contributed by atoms with E-state index in [0.717, 1.165) is 55.2 Å². The fraction of sp³-hybridized carbons (Fsp3) is 0.486. The highest BCUT2D eigenvalue weighted by atomic mass is 35.5. The third-order valence-electron chi connectivity index (χ3n) is 9.75. The van der Waals surface area contributed by atoms with Crippen molar-refractivity contribution in [2.45, 2.75) is 77.4 Å². The number of carbonyl (C=O) groups excluding carboxylic acids is 2. The van der Waals surface area contributed by atoms with E-state index in [1.54, 1.807) is 17.0 Å². The lowest BCUT2D eigenvalue weighted by molar-refractivity contribution is -0.143. The minimum atomic E-state index is -0.285. The van der Waals surface area contributed by atoms with Gasteiger partial charge in [0.25, 0.3) is 0 Å². The van der Waals surface area contributed by atoms with Gasteiger partial charge in [-0.1, -0.05) is 80.6 Å². The van der Waals surface area contributed by atoms with E-state index in [4.69, 9.17) is 16.3 Å². The zero-order chi connectivity index (χ0) is 28.7. The number of nitrogens with zero attached hydrogens (tertiary/aromatic N) is 1. The molecule has 2 heterocycles. The van der Waals surface area contributed by atoms with Crippen LogP contribution in [0.15, 0.2) is 59.7 Å². The lowest BCUT2D eigenvalue weighted by Crippen LogP contribution is -2.42. The van der Waals surface area contributed by atoms with E-state index in [1.165, 1.54) is 17.6 Å². The molecular weight excluding hydrogens is 534 g/mol. The summed E-state index contributed by atoms with van der Waals surface area (Å²) in [6.45, 7) is 4.91. The lowest BCUT2D eigenvalue weighted by atomic mass is 9.67. The van der Waals surface area contributed by atoms with Crippen molar-refractivity contribution in [3.8, 4) is 5.75 Å². The molecule has 6 rings (SSSR count). The largest absolute Gasteiger partial charge is 0.508 e. The lowest BCUT2D eigenvalue weighted by Gasteiger charge is -2.33. The third kappa shape index (κ3) is 5.39. The second kappa shape index (κ2) is 11.8. The highest BCUT2D eigenvalue weighted by Crippen LogP contribution is 2.52. The number of carbonyl (C=O) groups is 2. The number of rotatable bonds is 7. The molecule has 41 heavy (non-hydrogen) atoms. The van der Waals surface area contributed by atoms with Gasteiger partial charge >= 0.3 is 0 Å². The van der Waals surface area contributed by atoms with E-state index in [0.29, 0.717) is 24.0 Å². The molecule has 6 heteroatoms. The average Bonchev–Trinajstić information content (AvgIpc) is 3.50. The summed E-state index contributed by atoms with van der Waals surface area (Å²) in [5.41, 5.74) is 5.71. The quantitative estimate of drug-likeness (QED) is 0.210. The Morgan fingerprint density at radius 1 is 1.05 bits per heavy atom. The highest BCUT2D eigenvalue weighted by molar-refractivity contribution is 6.32. The van der Waals surface area contributed by atoms with Crippen molar-refractivity contribution in [1.29, 1.82) is 0 Å². The molecule has 0 bridgehead atoms. The SMILES string of the molecule is CC(C)C1=C2[C@@H](CC/C(=C/c3ccc(O)cc3Cl)c3ccccc3)OC[C@@H]2[C@@H]2C(=O)N(C3CCCCC3)C(=O)[C@@H]2C1. The summed E-state index contributed by atoms with van der Waals surface area (Å²) in [6.07, 6.45) is 9.51. The maximum atomic E-state index is 13.9. The predicted molar refractivity (Wildman–Crippen MR) is 162 cm³/mol. The number of aromatic hydroxyl groups is 1.